The smallest absolute Gasteiger partial charge is 0.0714 e. The van der Waals surface area contributed by atoms with Crippen molar-refractivity contribution in [3.8, 4) is 0 Å². The average molecular weight is 194 g/mol. The molecule has 1 rings (SSSR count). The first-order valence-corrected chi connectivity index (χ1v) is 5.34. The van der Waals surface area contributed by atoms with Crippen molar-refractivity contribution < 1.29 is 4.74 Å². The predicted octanol–water partition coefficient (Wildman–Crippen LogP) is 3.88. The molecule has 1 heterocycles. The van der Waals surface area contributed by atoms with Gasteiger partial charge >= 0.3 is 0 Å². The zero-order valence-corrected chi connectivity index (χ0v) is 9.89. The minimum atomic E-state index is 0.699. The van der Waals surface area contributed by atoms with E-state index in [4.69, 9.17) is 4.74 Å². The molecule has 14 heavy (non-hydrogen) atoms. The first-order valence-electron chi connectivity index (χ1n) is 5.34. The summed E-state index contributed by atoms with van der Waals surface area (Å²) < 4.78 is 5.28. The Morgan fingerprint density at radius 1 is 1.43 bits per heavy atom. The molecule has 0 aromatic rings. The minimum absolute atomic E-state index is 0.699. The topological polar surface area (TPSA) is 9.23 Å². The normalized spacial score (nSPS) is 20.4. The van der Waals surface area contributed by atoms with E-state index < -0.39 is 0 Å². The van der Waals surface area contributed by atoms with Gasteiger partial charge in [0.05, 0.1) is 13.2 Å². The molecular formula is C13H22O. The summed E-state index contributed by atoms with van der Waals surface area (Å²) in [4.78, 5) is 0. The predicted molar refractivity (Wildman–Crippen MR) is 63.4 cm³/mol. The molecule has 0 radical (unpaired) electrons. The first kappa shape index (κ1) is 13.2. The Kier molecular flexibility index (Phi) is 7.13. The molecule has 0 unspecified atom stereocenters. The second-order valence-corrected chi connectivity index (χ2v) is 3.07. The summed E-state index contributed by atoms with van der Waals surface area (Å²) in [6, 6.07) is 0. The Morgan fingerprint density at radius 2 is 2.07 bits per heavy atom. The summed E-state index contributed by atoms with van der Waals surface area (Å²) in [6.45, 7) is 13.7. The maximum absolute atomic E-state index is 5.28. The molecule has 1 saturated heterocycles. The Balaban J connectivity index is 0.000000791. The van der Waals surface area contributed by atoms with Crippen LogP contribution < -0.4 is 0 Å². The highest BCUT2D eigenvalue weighted by molar-refractivity contribution is 5.38. The molecule has 80 valence electrons. The molecule has 1 nitrogen and oxygen atoms in total. The van der Waals surface area contributed by atoms with Crippen molar-refractivity contribution in [3.63, 3.8) is 0 Å². The Labute approximate surface area is 88.2 Å². The molecule has 1 heteroatoms. The summed E-state index contributed by atoms with van der Waals surface area (Å²) in [7, 11) is 0. The second-order valence-electron chi connectivity index (χ2n) is 3.07. The third kappa shape index (κ3) is 3.93. The maximum atomic E-state index is 5.28. The molecule has 0 amide bonds. The summed E-state index contributed by atoms with van der Waals surface area (Å²) in [5, 5.41) is 0. The van der Waals surface area contributed by atoms with Crippen LogP contribution in [0.3, 0.4) is 0 Å². The van der Waals surface area contributed by atoms with E-state index in [-0.39, 0.29) is 0 Å². The van der Waals surface area contributed by atoms with Gasteiger partial charge in [-0.05, 0) is 37.0 Å². The summed E-state index contributed by atoms with van der Waals surface area (Å²) >= 11 is 0. The lowest BCUT2D eigenvalue weighted by Crippen LogP contribution is -2.11. The number of ether oxygens (including phenoxy) is 1. The van der Waals surface area contributed by atoms with Crippen molar-refractivity contribution in [2.75, 3.05) is 13.2 Å². The minimum Gasteiger partial charge on any atom is -0.376 e. The van der Waals surface area contributed by atoms with E-state index in [1.165, 1.54) is 11.1 Å². The van der Waals surface area contributed by atoms with Gasteiger partial charge in [-0.2, -0.15) is 0 Å². The molecule has 0 bridgehead atoms. The van der Waals surface area contributed by atoms with Gasteiger partial charge < -0.3 is 4.74 Å². The molecule has 0 spiro atoms. The van der Waals surface area contributed by atoms with E-state index in [0.717, 1.165) is 18.6 Å². The van der Waals surface area contributed by atoms with Gasteiger partial charge in [0.2, 0.25) is 0 Å². The van der Waals surface area contributed by atoms with Gasteiger partial charge in [0, 0.05) is 0 Å². The van der Waals surface area contributed by atoms with Crippen LogP contribution in [0, 0.1) is 0 Å². The Morgan fingerprint density at radius 3 is 2.57 bits per heavy atom. The van der Waals surface area contributed by atoms with Crippen LogP contribution in [0.2, 0.25) is 0 Å². The SMILES string of the molecule is C=C1COCC/C1=C(C)/C=C\C.CC. The zero-order chi connectivity index (χ0) is 11.0. The average Bonchev–Trinajstić information content (AvgIpc) is 2.22. The van der Waals surface area contributed by atoms with Crippen molar-refractivity contribution in [3.05, 3.63) is 35.5 Å². The highest BCUT2D eigenvalue weighted by atomic mass is 16.5. The third-order valence-corrected chi connectivity index (χ3v) is 2.09. The fourth-order valence-electron chi connectivity index (χ4n) is 1.46. The highest BCUT2D eigenvalue weighted by Crippen LogP contribution is 2.22. The molecule has 0 aromatic carbocycles. The maximum Gasteiger partial charge on any atom is 0.0714 e. The van der Waals surface area contributed by atoms with Gasteiger partial charge in [-0.25, -0.2) is 0 Å². The fraction of sp³-hybridized carbons (Fsp3) is 0.538. The Bertz CT molecular complexity index is 234. The lowest BCUT2D eigenvalue weighted by molar-refractivity contribution is 0.146. The first-order chi connectivity index (χ1) is 6.75. The lowest BCUT2D eigenvalue weighted by Gasteiger charge is -2.19. The molecule has 0 saturated carbocycles. The van der Waals surface area contributed by atoms with Crippen LogP contribution in [-0.2, 0) is 4.74 Å². The van der Waals surface area contributed by atoms with Crippen LogP contribution in [0.15, 0.2) is 35.5 Å². The number of hydrogen-bond acceptors (Lipinski definition) is 1. The second kappa shape index (κ2) is 7.57. The molecule has 1 fully saturated rings. The van der Waals surface area contributed by atoms with E-state index in [1.54, 1.807) is 0 Å². The number of hydrogen-bond donors (Lipinski definition) is 0. The van der Waals surface area contributed by atoms with E-state index in [9.17, 15) is 0 Å². The fourth-order valence-corrected chi connectivity index (χ4v) is 1.46. The van der Waals surface area contributed by atoms with Gasteiger partial charge in [0.15, 0.2) is 0 Å². The van der Waals surface area contributed by atoms with Gasteiger partial charge in [-0.1, -0.05) is 32.6 Å². The van der Waals surface area contributed by atoms with Gasteiger partial charge in [-0.15, -0.1) is 0 Å². The quantitative estimate of drug-likeness (QED) is 0.615. The molecule has 0 aromatic heterocycles. The number of allylic oxidation sites excluding steroid dienone is 3. The van der Waals surface area contributed by atoms with Crippen molar-refractivity contribution in [1.82, 2.24) is 0 Å². The van der Waals surface area contributed by atoms with Crippen LogP contribution >= 0.6 is 0 Å². The Hall–Kier alpha value is -0.820. The molecule has 0 N–H and O–H groups in total. The molecule has 1 aliphatic heterocycles. The zero-order valence-electron chi connectivity index (χ0n) is 9.89. The lowest BCUT2D eigenvalue weighted by atomic mass is 9.98. The van der Waals surface area contributed by atoms with E-state index in [2.05, 4.69) is 25.7 Å². The van der Waals surface area contributed by atoms with Crippen molar-refractivity contribution >= 4 is 0 Å². The van der Waals surface area contributed by atoms with E-state index in [1.807, 2.05) is 20.8 Å². The van der Waals surface area contributed by atoms with E-state index >= 15 is 0 Å². The molecular weight excluding hydrogens is 172 g/mol. The van der Waals surface area contributed by atoms with Crippen molar-refractivity contribution in [2.45, 2.75) is 34.1 Å². The third-order valence-electron chi connectivity index (χ3n) is 2.09. The molecule has 0 aliphatic carbocycles. The molecule has 1 aliphatic rings. The summed E-state index contributed by atoms with van der Waals surface area (Å²) in [5.74, 6) is 0. The van der Waals surface area contributed by atoms with Gasteiger partial charge in [-0.3, -0.25) is 0 Å². The van der Waals surface area contributed by atoms with Crippen LogP contribution in [0.25, 0.3) is 0 Å². The van der Waals surface area contributed by atoms with E-state index in [0.29, 0.717) is 6.61 Å². The number of rotatable bonds is 1. The van der Waals surface area contributed by atoms with Crippen LogP contribution in [0.4, 0.5) is 0 Å². The van der Waals surface area contributed by atoms with Crippen LogP contribution in [-0.4, -0.2) is 13.2 Å². The molecule has 0 atom stereocenters. The van der Waals surface area contributed by atoms with Crippen molar-refractivity contribution in [1.29, 1.82) is 0 Å². The highest BCUT2D eigenvalue weighted by Gasteiger charge is 2.10. The largest absolute Gasteiger partial charge is 0.376 e. The summed E-state index contributed by atoms with van der Waals surface area (Å²) in [6.07, 6.45) is 5.20. The van der Waals surface area contributed by atoms with Gasteiger partial charge in [0.25, 0.3) is 0 Å². The van der Waals surface area contributed by atoms with Crippen LogP contribution in [0.1, 0.15) is 34.1 Å². The van der Waals surface area contributed by atoms with Gasteiger partial charge in [0.1, 0.15) is 0 Å². The standard InChI is InChI=1S/C11H16O.C2H6/c1-4-5-9(2)11-6-7-12-8-10(11)3;1-2/h4-5H,3,6-8H2,1-2H3;1-2H3/b5-4-,11-9-;. The van der Waals surface area contributed by atoms with Crippen molar-refractivity contribution in [2.24, 2.45) is 0 Å². The summed E-state index contributed by atoms with van der Waals surface area (Å²) in [5.41, 5.74) is 3.84. The monoisotopic (exact) mass is 194 g/mol. The van der Waals surface area contributed by atoms with Crippen LogP contribution in [0.5, 0.6) is 0 Å².